The molecule has 7 heteroatoms. The van der Waals surface area contributed by atoms with E-state index in [2.05, 4.69) is 0 Å². The Hall–Kier alpha value is -2.41. The molecule has 7 nitrogen and oxygen atoms in total. The maximum atomic E-state index is 11.0. The molecule has 0 spiro atoms. The van der Waals surface area contributed by atoms with Crippen LogP contribution in [0.25, 0.3) is 0 Å². The van der Waals surface area contributed by atoms with E-state index in [4.69, 9.17) is 16.2 Å². The van der Waals surface area contributed by atoms with Gasteiger partial charge in [0.25, 0.3) is 0 Å². The third kappa shape index (κ3) is 4.69. The van der Waals surface area contributed by atoms with E-state index in [1.54, 1.807) is 18.2 Å². The van der Waals surface area contributed by atoms with E-state index < -0.39 is 11.8 Å². The molecule has 0 bridgehead atoms. The summed E-state index contributed by atoms with van der Waals surface area (Å²) in [5.41, 5.74) is 11.4. The lowest BCUT2D eigenvalue weighted by Gasteiger charge is -2.20. The van der Waals surface area contributed by atoms with Gasteiger partial charge in [-0.25, -0.2) is 0 Å². The molecule has 2 amide bonds. The molecule has 0 radical (unpaired) electrons. The number of carbonyl (C=O) groups excluding carboxylic acids is 3. The standard InChI is InChI=1S/C13H17N3O4/c1-20-11-3-2-9(8-17)4-10(11)5-16(6-12(14)18)7-13(15)19/h2-4,8H,5-7H2,1H3,(H2,14,18)(H2,15,19). The minimum absolute atomic E-state index is 0.114. The molecule has 1 rings (SSSR count). The molecular weight excluding hydrogens is 262 g/mol. The first kappa shape index (κ1) is 15.6. The van der Waals surface area contributed by atoms with Gasteiger partial charge < -0.3 is 16.2 Å². The largest absolute Gasteiger partial charge is 0.496 e. The van der Waals surface area contributed by atoms with Crippen LogP contribution in [0.3, 0.4) is 0 Å². The van der Waals surface area contributed by atoms with Crippen LogP contribution in [0, 0.1) is 0 Å². The monoisotopic (exact) mass is 279 g/mol. The number of primary amides is 2. The van der Waals surface area contributed by atoms with E-state index >= 15 is 0 Å². The van der Waals surface area contributed by atoms with Crippen molar-refractivity contribution in [2.45, 2.75) is 6.54 Å². The topological polar surface area (TPSA) is 116 Å². The second-order valence-corrected chi connectivity index (χ2v) is 4.27. The predicted molar refractivity (Wildman–Crippen MR) is 72.0 cm³/mol. The minimum atomic E-state index is -0.572. The average Bonchev–Trinajstić information content (AvgIpc) is 2.37. The van der Waals surface area contributed by atoms with Crippen molar-refractivity contribution in [1.29, 1.82) is 0 Å². The summed E-state index contributed by atoms with van der Waals surface area (Å²) in [6, 6.07) is 4.88. The number of nitrogens with two attached hydrogens (primary N) is 2. The number of rotatable bonds is 8. The first-order valence-corrected chi connectivity index (χ1v) is 5.87. The van der Waals surface area contributed by atoms with Crippen molar-refractivity contribution in [2.75, 3.05) is 20.2 Å². The van der Waals surface area contributed by atoms with Crippen LogP contribution in [0.1, 0.15) is 15.9 Å². The number of aldehydes is 1. The van der Waals surface area contributed by atoms with E-state index in [0.29, 0.717) is 23.2 Å². The molecule has 0 aliphatic rings. The molecular formula is C13H17N3O4. The van der Waals surface area contributed by atoms with E-state index in [1.807, 2.05) is 0 Å². The number of methoxy groups -OCH3 is 1. The SMILES string of the molecule is COc1ccc(C=O)cc1CN(CC(N)=O)CC(N)=O. The molecule has 0 fully saturated rings. The van der Waals surface area contributed by atoms with Crippen LogP contribution < -0.4 is 16.2 Å². The third-order valence-corrected chi connectivity index (χ3v) is 2.59. The lowest BCUT2D eigenvalue weighted by atomic mass is 10.1. The number of hydrogen-bond acceptors (Lipinski definition) is 5. The highest BCUT2D eigenvalue weighted by atomic mass is 16.5. The Balaban J connectivity index is 2.98. The zero-order chi connectivity index (χ0) is 15.1. The summed E-state index contributed by atoms with van der Waals surface area (Å²) >= 11 is 0. The van der Waals surface area contributed by atoms with Gasteiger partial charge in [0.1, 0.15) is 12.0 Å². The highest BCUT2D eigenvalue weighted by Crippen LogP contribution is 2.21. The zero-order valence-corrected chi connectivity index (χ0v) is 11.2. The van der Waals surface area contributed by atoms with Gasteiger partial charge in [0.05, 0.1) is 20.2 Å². The Bertz CT molecular complexity index is 500. The zero-order valence-electron chi connectivity index (χ0n) is 11.2. The van der Waals surface area contributed by atoms with E-state index in [0.717, 1.165) is 0 Å². The Morgan fingerprint density at radius 2 is 1.85 bits per heavy atom. The van der Waals surface area contributed by atoms with E-state index in [-0.39, 0.29) is 19.6 Å². The van der Waals surface area contributed by atoms with Crippen molar-refractivity contribution in [3.63, 3.8) is 0 Å². The average molecular weight is 279 g/mol. The number of ether oxygens (including phenoxy) is 1. The Labute approximate surface area is 116 Å². The van der Waals surface area contributed by atoms with E-state index in [1.165, 1.54) is 12.0 Å². The van der Waals surface area contributed by atoms with Gasteiger partial charge in [-0.3, -0.25) is 19.3 Å². The summed E-state index contributed by atoms with van der Waals surface area (Å²) in [5, 5.41) is 0. The Kier molecular flexibility index (Phi) is 5.67. The molecule has 0 saturated carbocycles. The highest BCUT2D eigenvalue weighted by molar-refractivity contribution is 5.79. The highest BCUT2D eigenvalue weighted by Gasteiger charge is 2.14. The molecule has 1 aromatic rings. The van der Waals surface area contributed by atoms with Gasteiger partial charge >= 0.3 is 0 Å². The molecule has 0 unspecified atom stereocenters. The summed E-state index contributed by atoms with van der Waals surface area (Å²) < 4.78 is 5.18. The smallest absolute Gasteiger partial charge is 0.231 e. The molecule has 4 N–H and O–H groups in total. The molecule has 0 aromatic heterocycles. The van der Waals surface area contributed by atoms with Crippen LogP contribution in [0.15, 0.2) is 18.2 Å². The first-order chi connectivity index (χ1) is 9.46. The normalized spacial score (nSPS) is 10.3. The van der Waals surface area contributed by atoms with Crippen molar-refractivity contribution in [3.05, 3.63) is 29.3 Å². The maximum absolute atomic E-state index is 11.0. The fourth-order valence-corrected chi connectivity index (χ4v) is 1.84. The minimum Gasteiger partial charge on any atom is -0.496 e. The number of amides is 2. The molecule has 1 aromatic carbocycles. The Morgan fingerprint density at radius 3 is 2.30 bits per heavy atom. The van der Waals surface area contributed by atoms with Crippen molar-refractivity contribution in [1.82, 2.24) is 4.90 Å². The number of hydrogen-bond donors (Lipinski definition) is 2. The van der Waals surface area contributed by atoms with Crippen LogP contribution in [-0.4, -0.2) is 43.2 Å². The van der Waals surface area contributed by atoms with Crippen molar-refractivity contribution in [3.8, 4) is 5.75 Å². The summed E-state index contributed by atoms with van der Waals surface area (Å²) in [6.45, 7) is -0.00838. The molecule has 0 aliphatic carbocycles. The van der Waals surface area contributed by atoms with Gasteiger partial charge in [-0.1, -0.05) is 0 Å². The van der Waals surface area contributed by atoms with Gasteiger partial charge in [0.15, 0.2) is 0 Å². The summed E-state index contributed by atoms with van der Waals surface area (Å²) in [4.78, 5) is 34.3. The molecule has 0 heterocycles. The fraction of sp³-hybridized carbons (Fsp3) is 0.308. The summed E-state index contributed by atoms with van der Waals surface area (Å²) in [6.07, 6.45) is 0.704. The summed E-state index contributed by atoms with van der Waals surface area (Å²) in [5.74, 6) is -0.594. The van der Waals surface area contributed by atoms with E-state index in [9.17, 15) is 14.4 Å². The Morgan fingerprint density at radius 1 is 1.25 bits per heavy atom. The third-order valence-electron chi connectivity index (χ3n) is 2.59. The van der Waals surface area contributed by atoms with Gasteiger partial charge in [-0.05, 0) is 18.2 Å². The van der Waals surface area contributed by atoms with Gasteiger partial charge in [-0.2, -0.15) is 0 Å². The second kappa shape index (κ2) is 7.25. The number of benzene rings is 1. The predicted octanol–water partition coefficient (Wildman–Crippen LogP) is -0.720. The van der Waals surface area contributed by atoms with Crippen LogP contribution in [0.5, 0.6) is 5.75 Å². The molecule has 108 valence electrons. The van der Waals surface area contributed by atoms with Crippen molar-refractivity contribution >= 4 is 18.1 Å². The van der Waals surface area contributed by atoms with Crippen LogP contribution >= 0.6 is 0 Å². The second-order valence-electron chi connectivity index (χ2n) is 4.27. The molecule has 0 saturated heterocycles. The lowest BCUT2D eigenvalue weighted by Crippen LogP contribution is -2.39. The maximum Gasteiger partial charge on any atom is 0.231 e. The quantitative estimate of drug-likeness (QED) is 0.609. The first-order valence-electron chi connectivity index (χ1n) is 5.87. The molecule has 0 aliphatic heterocycles. The van der Waals surface area contributed by atoms with Gasteiger partial charge in [-0.15, -0.1) is 0 Å². The fourth-order valence-electron chi connectivity index (χ4n) is 1.84. The van der Waals surface area contributed by atoms with Crippen molar-refractivity contribution < 1.29 is 19.1 Å². The lowest BCUT2D eigenvalue weighted by molar-refractivity contribution is -0.122. The van der Waals surface area contributed by atoms with Gasteiger partial charge in [0.2, 0.25) is 11.8 Å². The van der Waals surface area contributed by atoms with Crippen LogP contribution in [0.2, 0.25) is 0 Å². The van der Waals surface area contributed by atoms with Gasteiger partial charge in [0, 0.05) is 17.7 Å². The van der Waals surface area contributed by atoms with Crippen molar-refractivity contribution in [2.24, 2.45) is 11.5 Å². The number of nitrogens with zero attached hydrogens (tertiary/aromatic N) is 1. The number of carbonyl (C=O) groups is 3. The molecule has 20 heavy (non-hydrogen) atoms. The summed E-state index contributed by atoms with van der Waals surface area (Å²) in [7, 11) is 1.49. The molecule has 0 atom stereocenters. The van der Waals surface area contributed by atoms with Crippen LogP contribution in [-0.2, 0) is 16.1 Å². The van der Waals surface area contributed by atoms with Crippen LogP contribution in [0.4, 0.5) is 0 Å².